The highest BCUT2D eigenvalue weighted by molar-refractivity contribution is 7.91. The average molecular weight is 216 g/mol. The Morgan fingerprint density at radius 2 is 2.29 bits per heavy atom. The smallest absolute Gasteiger partial charge is 0.151 e. The van der Waals surface area contributed by atoms with Gasteiger partial charge in [-0.3, -0.25) is 0 Å². The Hall–Kier alpha value is -0.810. The third kappa shape index (κ3) is 3.93. The van der Waals surface area contributed by atoms with E-state index in [9.17, 15) is 8.42 Å². The van der Waals surface area contributed by atoms with Gasteiger partial charge in [0.1, 0.15) is 0 Å². The lowest BCUT2D eigenvalue weighted by atomic mass is 10.3. The number of hydrogen-bond acceptors (Lipinski definition) is 3. The standard InChI is InChI=1S/C9H16N2O2S/c1-2-14(12,13)6-5-11-8-9-3-4-10-7-9/h3-4,7,10-11H,2,5-6,8H2,1H3. The van der Waals surface area contributed by atoms with Crippen LogP contribution in [0.2, 0.25) is 0 Å². The first-order chi connectivity index (χ1) is 6.64. The highest BCUT2D eigenvalue weighted by Gasteiger charge is 2.05. The molecule has 0 fully saturated rings. The van der Waals surface area contributed by atoms with Gasteiger partial charge in [0.05, 0.1) is 5.75 Å². The summed E-state index contributed by atoms with van der Waals surface area (Å²) in [7, 11) is -2.83. The SMILES string of the molecule is CCS(=O)(=O)CCNCc1cc[nH]c1. The van der Waals surface area contributed by atoms with E-state index in [1.54, 1.807) is 6.92 Å². The van der Waals surface area contributed by atoms with Crippen molar-refractivity contribution in [1.82, 2.24) is 10.3 Å². The van der Waals surface area contributed by atoms with E-state index < -0.39 is 9.84 Å². The average Bonchev–Trinajstić information content (AvgIpc) is 2.65. The van der Waals surface area contributed by atoms with Gasteiger partial charge in [-0.25, -0.2) is 8.42 Å². The molecule has 0 amide bonds. The van der Waals surface area contributed by atoms with Crippen molar-refractivity contribution in [3.63, 3.8) is 0 Å². The van der Waals surface area contributed by atoms with Crippen LogP contribution in [0.3, 0.4) is 0 Å². The topological polar surface area (TPSA) is 62.0 Å². The summed E-state index contributed by atoms with van der Waals surface area (Å²) in [4.78, 5) is 2.94. The fourth-order valence-electron chi connectivity index (χ4n) is 1.07. The second kappa shape index (κ2) is 5.17. The first-order valence-corrected chi connectivity index (χ1v) is 6.49. The van der Waals surface area contributed by atoms with Crippen molar-refractivity contribution in [2.75, 3.05) is 18.1 Å². The fraction of sp³-hybridized carbons (Fsp3) is 0.556. The molecule has 4 nitrogen and oxygen atoms in total. The highest BCUT2D eigenvalue weighted by atomic mass is 32.2. The Balaban J connectivity index is 2.17. The van der Waals surface area contributed by atoms with Gasteiger partial charge in [0.25, 0.3) is 0 Å². The maximum absolute atomic E-state index is 11.1. The lowest BCUT2D eigenvalue weighted by molar-refractivity contribution is 0.592. The van der Waals surface area contributed by atoms with Crippen LogP contribution in [0.25, 0.3) is 0 Å². The Morgan fingerprint density at radius 1 is 1.50 bits per heavy atom. The molecule has 1 aromatic rings. The molecule has 0 aromatic carbocycles. The van der Waals surface area contributed by atoms with Gasteiger partial charge in [-0.2, -0.15) is 0 Å². The summed E-state index contributed by atoms with van der Waals surface area (Å²) < 4.78 is 22.2. The fourth-order valence-corrected chi connectivity index (χ4v) is 1.82. The van der Waals surface area contributed by atoms with Crippen molar-refractivity contribution in [1.29, 1.82) is 0 Å². The summed E-state index contributed by atoms with van der Waals surface area (Å²) in [6.07, 6.45) is 3.74. The van der Waals surface area contributed by atoms with E-state index >= 15 is 0 Å². The van der Waals surface area contributed by atoms with Crippen LogP contribution in [0.4, 0.5) is 0 Å². The van der Waals surface area contributed by atoms with Crippen molar-refractivity contribution in [3.8, 4) is 0 Å². The van der Waals surface area contributed by atoms with Gasteiger partial charge in [0.2, 0.25) is 0 Å². The van der Waals surface area contributed by atoms with E-state index in [1.165, 1.54) is 0 Å². The van der Waals surface area contributed by atoms with Gasteiger partial charge < -0.3 is 10.3 Å². The third-order valence-electron chi connectivity index (χ3n) is 2.02. The maximum atomic E-state index is 11.1. The molecule has 1 heterocycles. The quantitative estimate of drug-likeness (QED) is 0.682. The zero-order valence-corrected chi connectivity index (χ0v) is 9.10. The Kier molecular flexibility index (Phi) is 4.16. The van der Waals surface area contributed by atoms with Crippen molar-refractivity contribution in [2.45, 2.75) is 13.5 Å². The molecule has 14 heavy (non-hydrogen) atoms. The zero-order chi connectivity index (χ0) is 10.4. The van der Waals surface area contributed by atoms with Crippen LogP contribution in [-0.2, 0) is 16.4 Å². The summed E-state index contributed by atoms with van der Waals surface area (Å²) in [5.41, 5.74) is 1.14. The molecule has 80 valence electrons. The van der Waals surface area contributed by atoms with Crippen LogP contribution in [0, 0.1) is 0 Å². The highest BCUT2D eigenvalue weighted by Crippen LogP contribution is 1.95. The Labute approximate surface area is 84.6 Å². The molecule has 0 radical (unpaired) electrons. The van der Waals surface area contributed by atoms with Gasteiger partial charge >= 0.3 is 0 Å². The number of H-pyrrole nitrogens is 1. The third-order valence-corrected chi connectivity index (χ3v) is 3.73. The lowest BCUT2D eigenvalue weighted by Crippen LogP contribution is -2.23. The number of sulfone groups is 1. The summed E-state index contributed by atoms with van der Waals surface area (Å²) in [5.74, 6) is 0.437. The van der Waals surface area contributed by atoms with Gasteiger partial charge in [0, 0.05) is 31.2 Å². The minimum absolute atomic E-state index is 0.216. The normalized spacial score (nSPS) is 11.8. The molecule has 0 atom stereocenters. The van der Waals surface area contributed by atoms with Crippen LogP contribution >= 0.6 is 0 Å². The molecule has 0 aliphatic carbocycles. The molecule has 2 N–H and O–H groups in total. The first kappa shape index (κ1) is 11.3. The van der Waals surface area contributed by atoms with Crippen molar-refractivity contribution in [3.05, 3.63) is 24.0 Å². The molecular formula is C9H16N2O2S. The van der Waals surface area contributed by atoms with E-state index in [2.05, 4.69) is 10.3 Å². The van der Waals surface area contributed by atoms with Gasteiger partial charge in [0.15, 0.2) is 9.84 Å². The molecule has 0 saturated heterocycles. The lowest BCUT2D eigenvalue weighted by Gasteiger charge is -2.02. The molecule has 0 aliphatic rings. The van der Waals surface area contributed by atoms with E-state index in [4.69, 9.17) is 0 Å². The molecule has 5 heteroatoms. The molecular weight excluding hydrogens is 200 g/mol. The molecule has 1 aromatic heterocycles. The summed E-state index contributed by atoms with van der Waals surface area (Å²) in [5, 5.41) is 3.08. The minimum atomic E-state index is -2.83. The maximum Gasteiger partial charge on any atom is 0.151 e. The van der Waals surface area contributed by atoms with E-state index in [0.29, 0.717) is 13.1 Å². The Morgan fingerprint density at radius 3 is 2.86 bits per heavy atom. The minimum Gasteiger partial charge on any atom is -0.367 e. The largest absolute Gasteiger partial charge is 0.367 e. The molecule has 0 spiro atoms. The van der Waals surface area contributed by atoms with Gasteiger partial charge in [-0.15, -0.1) is 0 Å². The van der Waals surface area contributed by atoms with Crippen LogP contribution in [-0.4, -0.2) is 31.5 Å². The van der Waals surface area contributed by atoms with E-state index in [0.717, 1.165) is 5.56 Å². The number of hydrogen-bond donors (Lipinski definition) is 2. The number of nitrogens with one attached hydrogen (secondary N) is 2. The van der Waals surface area contributed by atoms with Crippen molar-refractivity contribution < 1.29 is 8.42 Å². The van der Waals surface area contributed by atoms with Crippen LogP contribution in [0.15, 0.2) is 18.5 Å². The van der Waals surface area contributed by atoms with E-state index in [-0.39, 0.29) is 11.5 Å². The second-order valence-electron chi connectivity index (χ2n) is 3.13. The first-order valence-electron chi connectivity index (χ1n) is 4.67. The molecule has 1 rings (SSSR count). The molecule has 0 bridgehead atoms. The predicted molar refractivity (Wildman–Crippen MR) is 56.8 cm³/mol. The predicted octanol–water partition coefficient (Wildman–Crippen LogP) is 0.539. The van der Waals surface area contributed by atoms with E-state index in [1.807, 2.05) is 18.5 Å². The summed E-state index contributed by atoms with van der Waals surface area (Å²) >= 11 is 0. The zero-order valence-electron chi connectivity index (χ0n) is 8.29. The monoisotopic (exact) mass is 216 g/mol. The summed E-state index contributed by atoms with van der Waals surface area (Å²) in [6.45, 7) is 2.89. The number of aromatic amines is 1. The van der Waals surface area contributed by atoms with Crippen LogP contribution < -0.4 is 5.32 Å². The molecule has 0 saturated carbocycles. The van der Waals surface area contributed by atoms with Gasteiger partial charge in [-0.1, -0.05) is 6.92 Å². The number of rotatable bonds is 6. The molecule has 0 aliphatic heterocycles. The van der Waals surface area contributed by atoms with Crippen molar-refractivity contribution in [2.24, 2.45) is 0 Å². The Bertz CT molecular complexity index is 343. The van der Waals surface area contributed by atoms with Crippen molar-refractivity contribution >= 4 is 9.84 Å². The number of aromatic nitrogens is 1. The van der Waals surface area contributed by atoms with Crippen LogP contribution in [0.5, 0.6) is 0 Å². The van der Waals surface area contributed by atoms with Gasteiger partial charge in [-0.05, 0) is 11.6 Å². The molecule has 0 unspecified atom stereocenters. The summed E-state index contributed by atoms with van der Waals surface area (Å²) in [6, 6.07) is 1.96. The second-order valence-corrected chi connectivity index (χ2v) is 5.61. The van der Waals surface area contributed by atoms with Crippen LogP contribution in [0.1, 0.15) is 12.5 Å².